The summed E-state index contributed by atoms with van der Waals surface area (Å²) in [6, 6.07) is 14.2. The van der Waals surface area contributed by atoms with Crippen molar-refractivity contribution in [1.82, 2.24) is 0 Å². The number of oxime groups is 1. The average Bonchev–Trinajstić information content (AvgIpc) is 2.49. The first-order valence-corrected chi connectivity index (χ1v) is 6.64. The van der Waals surface area contributed by atoms with Gasteiger partial charge in [0.15, 0.2) is 0 Å². The molecule has 5 heteroatoms. The Balaban J connectivity index is 2.27. The zero-order chi connectivity index (χ0) is 15.2. The lowest BCUT2D eigenvalue weighted by atomic mass is 10.0. The van der Waals surface area contributed by atoms with Crippen LogP contribution >= 0.6 is 0 Å². The standard InChI is InChI=1S/C16H18FN3O/c1-11-7-8-14(13(17)9-11)19-15(10-16(18)20-21)12-5-3-2-4-6-12/h2-9,15,19,21H,10H2,1H3,(H2,18,20). The molecule has 0 radical (unpaired) electrons. The fourth-order valence-electron chi connectivity index (χ4n) is 2.11. The highest BCUT2D eigenvalue weighted by molar-refractivity contribution is 5.80. The summed E-state index contributed by atoms with van der Waals surface area (Å²) < 4.78 is 14.0. The van der Waals surface area contributed by atoms with Gasteiger partial charge in [0.2, 0.25) is 0 Å². The van der Waals surface area contributed by atoms with Gasteiger partial charge in [-0.05, 0) is 30.2 Å². The third-order valence-corrected chi connectivity index (χ3v) is 3.20. The van der Waals surface area contributed by atoms with Crippen molar-refractivity contribution < 1.29 is 9.60 Å². The fraction of sp³-hybridized carbons (Fsp3) is 0.188. The minimum Gasteiger partial charge on any atom is -0.409 e. The first kappa shape index (κ1) is 14.8. The van der Waals surface area contributed by atoms with Crippen molar-refractivity contribution in [3.05, 3.63) is 65.5 Å². The summed E-state index contributed by atoms with van der Waals surface area (Å²) in [5, 5.41) is 14.9. The van der Waals surface area contributed by atoms with Crippen LogP contribution in [-0.2, 0) is 0 Å². The van der Waals surface area contributed by atoms with Crippen LogP contribution in [0.2, 0.25) is 0 Å². The number of aryl methyl sites for hydroxylation is 1. The molecule has 0 aliphatic heterocycles. The predicted molar refractivity (Wildman–Crippen MR) is 82.0 cm³/mol. The molecule has 2 rings (SSSR count). The van der Waals surface area contributed by atoms with Crippen LogP contribution in [0, 0.1) is 12.7 Å². The van der Waals surface area contributed by atoms with E-state index in [0.717, 1.165) is 11.1 Å². The van der Waals surface area contributed by atoms with Crippen LogP contribution in [0.15, 0.2) is 53.7 Å². The van der Waals surface area contributed by atoms with E-state index in [1.165, 1.54) is 6.07 Å². The average molecular weight is 287 g/mol. The quantitative estimate of drug-likeness (QED) is 0.341. The van der Waals surface area contributed by atoms with E-state index >= 15 is 0 Å². The SMILES string of the molecule is Cc1ccc(NC(CC(N)=NO)c2ccccc2)c(F)c1. The van der Waals surface area contributed by atoms with Crippen molar-refractivity contribution in [2.75, 3.05) is 5.32 Å². The topological polar surface area (TPSA) is 70.6 Å². The molecule has 110 valence electrons. The molecule has 0 saturated carbocycles. The number of nitrogens with zero attached hydrogens (tertiary/aromatic N) is 1. The molecule has 1 atom stereocenters. The van der Waals surface area contributed by atoms with Gasteiger partial charge in [-0.1, -0.05) is 41.6 Å². The molecule has 0 bridgehead atoms. The van der Waals surface area contributed by atoms with Gasteiger partial charge in [-0.2, -0.15) is 0 Å². The highest BCUT2D eigenvalue weighted by atomic mass is 19.1. The third kappa shape index (κ3) is 3.95. The number of hydrogen-bond donors (Lipinski definition) is 3. The second kappa shape index (κ2) is 6.74. The molecule has 0 aliphatic rings. The molecule has 2 aromatic rings. The second-order valence-electron chi connectivity index (χ2n) is 4.89. The maximum atomic E-state index is 14.0. The summed E-state index contributed by atoms with van der Waals surface area (Å²) in [6.45, 7) is 1.83. The largest absolute Gasteiger partial charge is 0.409 e. The van der Waals surface area contributed by atoms with E-state index in [1.807, 2.05) is 43.3 Å². The first-order chi connectivity index (χ1) is 10.1. The normalized spacial score (nSPS) is 13.0. The highest BCUT2D eigenvalue weighted by Crippen LogP contribution is 2.25. The molecule has 0 saturated heterocycles. The van der Waals surface area contributed by atoms with Crippen molar-refractivity contribution in [2.45, 2.75) is 19.4 Å². The zero-order valence-corrected chi connectivity index (χ0v) is 11.8. The van der Waals surface area contributed by atoms with Gasteiger partial charge in [0, 0.05) is 6.42 Å². The summed E-state index contributed by atoms with van der Waals surface area (Å²) in [4.78, 5) is 0. The molecule has 0 heterocycles. The number of rotatable bonds is 5. The van der Waals surface area contributed by atoms with Crippen molar-refractivity contribution in [1.29, 1.82) is 0 Å². The van der Waals surface area contributed by atoms with Crippen LogP contribution in [0.5, 0.6) is 0 Å². The number of nitrogens with one attached hydrogen (secondary N) is 1. The van der Waals surface area contributed by atoms with Gasteiger partial charge in [-0.15, -0.1) is 0 Å². The molecule has 0 fully saturated rings. The van der Waals surface area contributed by atoms with E-state index < -0.39 is 0 Å². The Bertz CT molecular complexity index is 629. The molecular formula is C16H18FN3O. The summed E-state index contributed by atoms with van der Waals surface area (Å²) in [7, 11) is 0. The maximum absolute atomic E-state index is 14.0. The maximum Gasteiger partial charge on any atom is 0.146 e. The van der Waals surface area contributed by atoms with Crippen molar-refractivity contribution in [3.63, 3.8) is 0 Å². The summed E-state index contributed by atoms with van der Waals surface area (Å²) in [5.41, 5.74) is 7.77. The van der Waals surface area contributed by atoms with Crippen LogP contribution in [0.4, 0.5) is 10.1 Å². The van der Waals surface area contributed by atoms with E-state index in [2.05, 4.69) is 10.5 Å². The molecule has 0 aliphatic carbocycles. The second-order valence-corrected chi connectivity index (χ2v) is 4.89. The summed E-state index contributed by atoms with van der Waals surface area (Å²) >= 11 is 0. The van der Waals surface area contributed by atoms with Gasteiger partial charge in [-0.3, -0.25) is 0 Å². The Morgan fingerprint density at radius 2 is 2.00 bits per heavy atom. The molecule has 4 nitrogen and oxygen atoms in total. The minimum absolute atomic E-state index is 0.0869. The fourth-order valence-corrected chi connectivity index (χ4v) is 2.11. The van der Waals surface area contributed by atoms with Crippen LogP contribution in [0.1, 0.15) is 23.6 Å². The Hall–Kier alpha value is -2.56. The summed E-state index contributed by atoms with van der Waals surface area (Å²) in [6.07, 6.45) is 0.272. The number of benzene rings is 2. The smallest absolute Gasteiger partial charge is 0.146 e. The van der Waals surface area contributed by atoms with Crippen molar-refractivity contribution >= 4 is 11.5 Å². The minimum atomic E-state index is -0.324. The van der Waals surface area contributed by atoms with Crippen LogP contribution in [-0.4, -0.2) is 11.0 Å². The van der Waals surface area contributed by atoms with Gasteiger partial charge >= 0.3 is 0 Å². The monoisotopic (exact) mass is 287 g/mol. The van der Waals surface area contributed by atoms with Crippen molar-refractivity contribution in [3.8, 4) is 0 Å². The molecule has 2 aromatic carbocycles. The number of halogens is 1. The Morgan fingerprint density at radius 3 is 2.62 bits per heavy atom. The number of amidine groups is 1. The molecular weight excluding hydrogens is 269 g/mol. The van der Waals surface area contributed by atoms with E-state index in [1.54, 1.807) is 6.07 Å². The van der Waals surface area contributed by atoms with Gasteiger partial charge in [0.05, 0.1) is 11.7 Å². The lowest BCUT2D eigenvalue weighted by molar-refractivity contribution is 0.316. The molecule has 4 N–H and O–H groups in total. The zero-order valence-electron chi connectivity index (χ0n) is 11.8. The third-order valence-electron chi connectivity index (χ3n) is 3.20. The van der Waals surface area contributed by atoms with Gasteiger partial charge in [0.25, 0.3) is 0 Å². The predicted octanol–water partition coefficient (Wildman–Crippen LogP) is 3.42. The van der Waals surface area contributed by atoms with E-state index in [0.29, 0.717) is 5.69 Å². The van der Waals surface area contributed by atoms with Gasteiger partial charge < -0.3 is 16.3 Å². The van der Waals surface area contributed by atoms with Crippen LogP contribution < -0.4 is 11.1 Å². The Morgan fingerprint density at radius 1 is 1.29 bits per heavy atom. The Labute approximate surface area is 123 Å². The van der Waals surface area contributed by atoms with Gasteiger partial charge in [0.1, 0.15) is 11.7 Å². The number of hydrogen-bond acceptors (Lipinski definition) is 3. The Kier molecular flexibility index (Phi) is 4.77. The van der Waals surface area contributed by atoms with E-state index in [9.17, 15) is 4.39 Å². The van der Waals surface area contributed by atoms with Gasteiger partial charge in [-0.25, -0.2) is 4.39 Å². The molecule has 21 heavy (non-hydrogen) atoms. The first-order valence-electron chi connectivity index (χ1n) is 6.64. The molecule has 0 aromatic heterocycles. The highest BCUT2D eigenvalue weighted by Gasteiger charge is 2.15. The molecule has 0 amide bonds. The van der Waals surface area contributed by atoms with E-state index in [4.69, 9.17) is 10.9 Å². The van der Waals surface area contributed by atoms with Crippen LogP contribution in [0.3, 0.4) is 0 Å². The lowest BCUT2D eigenvalue weighted by Gasteiger charge is -2.20. The van der Waals surface area contributed by atoms with Crippen molar-refractivity contribution in [2.24, 2.45) is 10.9 Å². The molecule has 1 unspecified atom stereocenters. The number of nitrogens with two attached hydrogens (primary N) is 1. The number of anilines is 1. The lowest BCUT2D eigenvalue weighted by Crippen LogP contribution is -2.21. The molecule has 0 spiro atoms. The van der Waals surface area contributed by atoms with E-state index in [-0.39, 0.29) is 24.1 Å². The summed E-state index contributed by atoms with van der Waals surface area (Å²) in [5.74, 6) is -0.237. The van der Waals surface area contributed by atoms with Crippen LogP contribution in [0.25, 0.3) is 0 Å².